The van der Waals surface area contributed by atoms with Gasteiger partial charge in [0.2, 0.25) is 5.91 Å². The highest BCUT2D eigenvalue weighted by Crippen LogP contribution is 2.38. The Balaban J connectivity index is 1.99. The largest absolute Gasteiger partial charge is 0.377 e. The van der Waals surface area contributed by atoms with Gasteiger partial charge in [-0.2, -0.15) is 0 Å². The fourth-order valence-corrected chi connectivity index (χ4v) is 2.23. The lowest BCUT2D eigenvalue weighted by Crippen LogP contribution is -2.41. The SMILES string of the molecule is O=C1Cc2cc(C3(Cl)COC3)ccc2N1. The van der Waals surface area contributed by atoms with Crippen molar-refractivity contribution in [2.45, 2.75) is 11.3 Å². The van der Waals surface area contributed by atoms with Gasteiger partial charge in [0.1, 0.15) is 4.87 Å². The van der Waals surface area contributed by atoms with Crippen molar-refractivity contribution in [3.63, 3.8) is 0 Å². The molecule has 1 saturated heterocycles. The lowest BCUT2D eigenvalue weighted by molar-refractivity contribution is -0.115. The Morgan fingerprint density at radius 3 is 2.87 bits per heavy atom. The number of amides is 1. The van der Waals surface area contributed by atoms with E-state index in [0.717, 1.165) is 16.8 Å². The summed E-state index contributed by atoms with van der Waals surface area (Å²) in [4.78, 5) is 10.8. The predicted molar refractivity (Wildman–Crippen MR) is 57.1 cm³/mol. The summed E-state index contributed by atoms with van der Waals surface area (Å²) < 4.78 is 5.12. The predicted octanol–water partition coefficient (Wildman–Crippen LogP) is 1.65. The summed E-state index contributed by atoms with van der Waals surface area (Å²) in [6.07, 6.45) is 0.455. The number of carbonyl (C=O) groups excluding carboxylic acids is 1. The van der Waals surface area contributed by atoms with E-state index in [2.05, 4.69) is 5.32 Å². The number of fused-ring (bicyclic) bond motifs is 1. The number of rotatable bonds is 1. The molecule has 1 fully saturated rings. The molecule has 0 spiro atoms. The van der Waals surface area contributed by atoms with Crippen LogP contribution in [-0.4, -0.2) is 19.1 Å². The first-order chi connectivity index (χ1) is 7.17. The van der Waals surface area contributed by atoms with Gasteiger partial charge in [0.05, 0.1) is 19.6 Å². The summed E-state index contributed by atoms with van der Waals surface area (Å²) in [6, 6.07) is 5.88. The van der Waals surface area contributed by atoms with E-state index in [-0.39, 0.29) is 10.8 Å². The summed E-state index contributed by atoms with van der Waals surface area (Å²) in [7, 11) is 0. The van der Waals surface area contributed by atoms with E-state index in [4.69, 9.17) is 16.3 Å². The molecule has 3 nitrogen and oxygen atoms in total. The molecule has 78 valence electrons. The second-order valence-corrected chi connectivity index (χ2v) is 4.78. The smallest absolute Gasteiger partial charge is 0.228 e. The number of hydrogen-bond acceptors (Lipinski definition) is 2. The Hall–Kier alpha value is -1.06. The number of anilines is 1. The number of halogens is 1. The van der Waals surface area contributed by atoms with Crippen molar-refractivity contribution in [2.24, 2.45) is 0 Å². The van der Waals surface area contributed by atoms with Crippen molar-refractivity contribution in [3.8, 4) is 0 Å². The van der Waals surface area contributed by atoms with Crippen LogP contribution in [-0.2, 0) is 20.8 Å². The first-order valence-electron chi connectivity index (χ1n) is 4.87. The van der Waals surface area contributed by atoms with Gasteiger partial charge in [0.15, 0.2) is 0 Å². The maximum atomic E-state index is 11.2. The van der Waals surface area contributed by atoms with Crippen LogP contribution in [0.25, 0.3) is 0 Å². The Bertz CT molecular complexity index is 440. The van der Waals surface area contributed by atoms with Crippen molar-refractivity contribution < 1.29 is 9.53 Å². The Morgan fingerprint density at radius 2 is 2.20 bits per heavy atom. The average molecular weight is 224 g/mol. The molecular formula is C11H10ClNO2. The highest BCUT2D eigenvalue weighted by atomic mass is 35.5. The molecule has 2 aliphatic heterocycles. The van der Waals surface area contributed by atoms with E-state index in [1.165, 1.54) is 0 Å². The van der Waals surface area contributed by atoms with Crippen molar-refractivity contribution in [3.05, 3.63) is 29.3 Å². The molecule has 0 radical (unpaired) electrons. The molecule has 1 amide bonds. The summed E-state index contributed by atoms with van der Waals surface area (Å²) in [5.74, 6) is 0.0515. The van der Waals surface area contributed by atoms with Crippen LogP contribution >= 0.6 is 11.6 Å². The lowest BCUT2D eigenvalue weighted by atomic mass is 9.94. The normalized spacial score (nSPS) is 21.8. The molecule has 2 aliphatic rings. The van der Waals surface area contributed by atoms with Gasteiger partial charge < -0.3 is 10.1 Å². The van der Waals surface area contributed by atoms with Gasteiger partial charge in [-0.3, -0.25) is 4.79 Å². The monoisotopic (exact) mass is 223 g/mol. The van der Waals surface area contributed by atoms with E-state index < -0.39 is 0 Å². The Labute approximate surface area is 92.4 Å². The minimum absolute atomic E-state index is 0.0515. The van der Waals surface area contributed by atoms with Crippen LogP contribution < -0.4 is 5.32 Å². The third-order valence-electron chi connectivity index (χ3n) is 2.91. The minimum Gasteiger partial charge on any atom is -0.377 e. The second kappa shape index (κ2) is 2.97. The standard InChI is InChI=1S/C11H10ClNO2/c12-11(5-15-6-11)8-1-2-9-7(3-8)4-10(14)13-9/h1-3H,4-6H2,(H,13,14). The lowest BCUT2D eigenvalue weighted by Gasteiger charge is -2.36. The molecule has 0 aromatic heterocycles. The van der Waals surface area contributed by atoms with E-state index >= 15 is 0 Å². The van der Waals surface area contributed by atoms with Crippen LogP contribution in [0, 0.1) is 0 Å². The summed E-state index contributed by atoms with van der Waals surface area (Å²) >= 11 is 6.34. The van der Waals surface area contributed by atoms with Crippen molar-refractivity contribution >= 4 is 23.2 Å². The van der Waals surface area contributed by atoms with Gasteiger partial charge >= 0.3 is 0 Å². The van der Waals surface area contributed by atoms with E-state index in [1.807, 2.05) is 18.2 Å². The molecule has 15 heavy (non-hydrogen) atoms. The van der Waals surface area contributed by atoms with Crippen LogP contribution in [0.4, 0.5) is 5.69 Å². The van der Waals surface area contributed by atoms with Crippen molar-refractivity contribution in [1.82, 2.24) is 0 Å². The molecule has 0 aliphatic carbocycles. The van der Waals surface area contributed by atoms with Crippen LogP contribution in [0.3, 0.4) is 0 Å². The fourth-order valence-electron chi connectivity index (χ4n) is 1.96. The van der Waals surface area contributed by atoms with Gasteiger partial charge in [-0.1, -0.05) is 12.1 Å². The molecule has 1 N–H and O–H groups in total. The topological polar surface area (TPSA) is 38.3 Å². The molecule has 2 heterocycles. The number of carbonyl (C=O) groups is 1. The molecule has 3 rings (SSSR count). The first-order valence-corrected chi connectivity index (χ1v) is 5.25. The van der Waals surface area contributed by atoms with E-state index in [9.17, 15) is 4.79 Å². The van der Waals surface area contributed by atoms with Crippen LogP contribution in [0.2, 0.25) is 0 Å². The fraction of sp³-hybridized carbons (Fsp3) is 0.364. The highest BCUT2D eigenvalue weighted by molar-refractivity contribution is 6.24. The average Bonchev–Trinajstić information content (AvgIpc) is 2.53. The molecule has 4 heteroatoms. The Morgan fingerprint density at radius 1 is 1.40 bits per heavy atom. The van der Waals surface area contributed by atoms with Gasteiger partial charge in [-0.15, -0.1) is 11.6 Å². The van der Waals surface area contributed by atoms with Gasteiger partial charge in [-0.05, 0) is 17.2 Å². The van der Waals surface area contributed by atoms with Crippen LogP contribution in [0.15, 0.2) is 18.2 Å². The van der Waals surface area contributed by atoms with Gasteiger partial charge in [0.25, 0.3) is 0 Å². The quantitative estimate of drug-likeness (QED) is 0.736. The van der Waals surface area contributed by atoms with E-state index in [0.29, 0.717) is 19.6 Å². The van der Waals surface area contributed by atoms with Crippen molar-refractivity contribution in [1.29, 1.82) is 0 Å². The second-order valence-electron chi connectivity index (χ2n) is 4.05. The summed E-state index contributed by atoms with van der Waals surface area (Å²) in [6.45, 7) is 1.10. The third-order valence-corrected chi connectivity index (χ3v) is 3.35. The molecular weight excluding hydrogens is 214 g/mol. The maximum absolute atomic E-state index is 11.2. The van der Waals surface area contributed by atoms with Crippen molar-refractivity contribution in [2.75, 3.05) is 18.5 Å². The molecule has 0 atom stereocenters. The van der Waals surface area contributed by atoms with Crippen LogP contribution in [0.1, 0.15) is 11.1 Å². The minimum atomic E-state index is -0.374. The molecule has 1 aromatic rings. The van der Waals surface area contributed by atoms with E-state index in [1.54, 1.807) is 0 Å². The number of alkyl halides is 1. The molecule has 1 aromatic carbocycles. The van der Waals surface area contributed by atoms with Gasteiger partial charge in [-0.25, -0.2) is 0 Å². The zero-order valence-corrected chi connectivity index (χ0v) is 8.80. The number of ether oxygens (including phenoxy) is 1. The first kappa shape index (κ1) is 9.19. The third kappa shape index (κ3) is 1.34. The zero-order chi connectivity index (χ0) is 10.5. The molecule has 0 unspecified atom stereocenters. The zero-order valence-electron chi connectivity index (χ0n) is 8.05. The maximum Gasteiger partial charge on any atom is 0.228 e. The van der Waals surface area contributed by atoms with Crippen LogP contribution in [0.5, 0.6) is 0 Å². The number of nitrogens with one attached hydrogen (secondary N) is 1. The summed E-state index contributed by atoms with van der Waals surface area (Å²) in [5.41, 5.74) is 2.99. The highest BCUT2D eigenvalue weighted by Gasteiger charge is 2.38. The van der Waals surface area contributed by atoms with Gasteiger partial charge in [0, 0.05) is 5.69 Å². The molecule has 0 saturated carbocycles. The Kier molecular flexibility index (Phi) is 1.82. The number of benzene rings is 1. The summed E-state index contributed by atoms with van der Waals surface area (Å²) in [5, 5.41) is 2.80. The number of hydrogen-bond donors (Lipinski definition) is 1. The molecule has 0 bridgehead atoms.